The van der Waals surface area contributed by atoms with Crippen molar-refractivity contribution < 1.29 is 23.5 Å². The Morgan fingerprint density at radius 1 is 1.11 bits per heavy atom. The van der Waals surface area contributed by atoms with Crippen LogP contribution in [0.3, 0.4) is 0 Å². The van der Waals surface area contributed by atoms with Gasteiger partial charge in [0.2, 0.25) is 0 Å². The lowest BCUT2D eigenvalue weighted by Gasteiger charge is -2.37. The van der Waals surface area contributed by atoms with Gasteiger partial charge in [0.25, 0.3) is 5.91 Å². The maximum Gasteiger partial charge on any atom is 0.411 e. The molecule has 0 aromatic heterocycles. The van der Waals surface area contributed by atoms with Gasteiger partial charge in [0.1, 0.15) is 11.8 Å². The zero-order chi connectivity index (χ0) is 25.1. The predicted molar refractivity (Wildman–Crippen MR) is 131 cm³/mol. The lowest BCUT2D eigenvalue weighted by molar-refractivity contribution is 0.0421. The van der Waals surface area contributed by atoms with Crippen LogP contribution in [0.1, 0.15) is 71.5 Å². The van der Waals surface area contributed by atoms with Crippen LogP contribution in [-0.2, 0) is 15.1 Å². The molecule has 188 valence electrons. The van der Waals surface area contributed by atoms with Crippen LogP contribution in [0.5, 0.6) is 0 Å². The Balaban J connectivity index is 1.27. The van der Waals surface area contributed by atoms with E-state index in [1.807, 2.05) is 12.1 Å². The predicted octanol–water partition coefficient (Wildman–Crippen LogP) is 5.26. The summed E-state index contributed by atoms with van der Waals surface area (Å²) in [5, 5.41) is 11.8. The van der Waals surface area contributed by atoms with Gasteiger partial charge in [-0.25, -0.2) is 9.18 Å². The summed E-state index contributed by atoms with van der Waals surface area (Å²) in [7, 11) is 0. The van der Waals surface area contributed by atoms with Gasteiger partial charge in [-0.1, -0.05) is 24.6 Å². The van der Waals surface area contributed by atoms with Crippen molar-refractivity contribution in [3.8, 4) is 6.07 Å². The number of likely N-dealkylation sites (tertiary alicyclic amines) is 1. The second kappa shape index (κ2) is 10.3. The Labute approximate surface area is 210 Å². The Kier molecular flexibility index (Phi) is 6.92. The van der Waals surface area contributed by atoms with Crippen molar-refractivity contribution >= 4 is 17.7 Å². The first kappa shape index (κ1) is 24.3. The van der Waals surface area contributed by atoms with Crippen LogP contribution >= 0.6 is 0 Å². The van der Waals surface area contributed by atoms with Crippen LogP contribution in [0.4, 0.5) is 14.9 Å². The number of halogens is 1. The molecule has 2 aliphatic heterocycles. The molecule has 0 bridgehead atoms. The van der Waals surface area contributed by atoms with Crippen LogP contribution in [0.2, 0.25) is 0 Å². The Bertz CT molecular complexity index is 1160. The molecule has 2 heterocycles. The van der Waals surface area contributed by atoms with E-state index in [9.17, 15) is 9.59 Å². The number of carbonyl (C=O) groups excluding carboxylic acids is 2. The fraction of sp³-hybridized carbons (Fsp3) is 0.464. The standard InChI is InChI=1S/C28H30FN3O4/c29-28(22-7-4-19(17-30)5-8-22)11-13-32(14-12-28)26(33)21-6-9-24(20-2-1-3-20)25(16-21)31-27(34)36-23-10-15-35-18-23/h4-9,16,20,23H,1-3,10-15,18H2,(H,31,34)/t23-/m0/s1. The minimum atomic E-state index is -1.53. The highest BCUT2D eigenvalue weighted by Gasteiger charge is 2.38. The van der Waals surface area contributed by atoms with Crippen molar-refractivity contribution in [3.05, 3.63) is 64.7 Å². The Morgan fingerprint density at radius 2 is 1.86 bits per heavy atom. The normalized spacial score (nSPS) is 21.3. The molecule has 1 aliphatic carbocycles. The number of nitrogens with zero attached hydrogens (tertiary/aromatic N) is 2. The van der Waals surface area contributed by atoms with E-state index in [1.165, 1.54) is 0 Å². The molecule has 1 atom stereocenters. The summed E-state index contributed by atoms with van der Waals surface area (Å²) in [6.07, 6.45) is 3.49. The number of hydrogen-bond acceptors (Lipinski definition) is 5. The van der Waals surface area contributed by atoms with Crippen LogP contribution in [0.25, 0.3) is 0 Å². The van der Waals surface area contributed by atoms with E-state index in [0.29, 0.717) is 47.9 Å². The van der Waals surface area contributed by atoms with Crippen molar-refractivity contribution in [3.63, 3.8) is 0 Å². The number of benzene rings is 2. The third-order valence-corrected chi connectivity index (χ3v) is 7.62. The first-order chi connectivity index (χ1) is 17.4. The van der Waals surface area contributed by atoms with Gasteiger partial charge in [-0.15, -0.1) is 0 Å². The van der Waals surface area contributed by atoms with Crippen molar-refractivity contribution in [2.45, 2.75) is 56.2 Å². The monoisotopic (exact) mass is 491 g/mol. The summed E-state index contributed by atoms with van der Waals surface area (Å²) < 4.78 is 26.4. The van der Waals surface area contributed by atoms with E-state index >= 15 is 4.39 Å². The van der Waals surface area contributed by atoms with E-state index < -0.39 is 11.8 Å². The van der Waals surface area contributed by atoms with Gasteiger partial charge in [-0.05, 0) is 54.2 Å². The number of nitriles is 1. The molecule has 0 spiro atoms. The molecule has 7 nitrogen and oxygen atoms in total. The third-order valence-electron chi connectivity index (χ3n) is 7.62. The highest BCUT2D eigenvalue weighted by atomic mass is 19.1. The van der Waals surface area contributed by atoms with E-state index in [-0.39, 0.29) is 37.9 Å². The summed E-state index contributed by atoms with van der Waals surface area (Å²) in [6.45, 7) is 1.55. The molecule has 5 rings (SSSR count). The molecule has 2 amide bonds. The Hall–Kier alpha value is -3.44. The van der Waals surface area contributed by atoms with Crippen molar-refractivity contribution in [1.82, 2.24) is 4.90 Å². The SMILES string of the molecule is N#Cc1ccc(C2(F)CCN(C(=O)c3ccc(C4CCC4)c(NC(=O)O[C@H]4CCOC4)c3)CC2)cc1. The summed E-state index contributed by atoms with van der Waals surface area (Å²) >= 11 is 0. The van der Waals surface area contributed by atoms with Gasteiger partial charge in [-0.2, -0.15) is 5.26 Å². The van der Waals surface area contributed by atoms with Crippen molar-refractivity contribution in [2.75, 3.05) is 31.6 Å². The molecule has 1 saturated carbocycles. The number of rotatable bonds is 5. The molecule has 2 aromatic carbocycles. The minimum Gasteiger partial charge on any atom is -0.443 e. The number of ether oxygens (including phenoxy) is 2. The largest absolute Gasteiger partial charge is 0.443 e. The molecular weight excluding hydrogens is 461 g/mol. The highest BCUT2D eigenvalue weighted by Crippen LogP contribution is 2.41. The van der Waals surface area contributed by atoms with Gasteiger partial charge in [0.05, 0.1) is 24.8 Å². The summed E-state index contributed by atoms with van der Waals surface area (Å²) in [6, 6.07) is 14.1. The quantitative estimate of drug-likeness (QED) is 0.616. The molecule has 0 unspecified atom stereocenters. The number of hydrogen-bond donors (Lipinski definition) is 1. The Morgan fingerprint density at radius 3 is 2.47 bits per heavy atom. The minimum absolute atomic E-state index is 0.183. The lowest BCUT2D eigenvalue weighted by Crippen LogP contribution is -2.43. The van der Waals surface area contributed by atoms with Crippen LogP contribution in [0, 0.1) is 11.3 Å². The zero-order valence-electron chi connectivity index (χ0n) is 20.2. The third kappa shape index (κ3) is 5.07. The summed E-state index contributed by atoms with van der Waals surface area (Å²) in [5.74, 6) is 0.173. The van der Waals surface area contributed by atoms with Crippen LogP contribution < -0.4 is 5.32 Å². The fourth-order valence-corrected chi connectivity index (χ4v) is 5.15. The number of amides is 2. The first-order valence-corrected chi connectivity index (χ1v) is 12.6. The first-order valence-electron chi connectivity index (χ1n) is 12.6. The van der Waals surface area contributed by atoms with Gasteiger partial charge in [0.15, 0.2) is 0 Å². The fourth-order valence-electron chi connectivity index (χ4n) is 5.15. The topological polar surface area (TPSA) is 91.7 Å². The van der Waals surface area contributed by atoms with Gasteiger partial charge >= 0.3 is 6.09 Å². The number of carbonyl (C=O) groups is 2. The smallest absolute Gasteiger partial charge is 0.411 e. The molecule has 2 aromatic rings. The van der Waals surface area contributed by atoms with Gasteiger partial charge < -0.3 is 14.4 Å². The molecule has 3 fully saturated rings. The average Bonchev–Trinajstić information content (AvgIpc) is 3.37. The van der Waals surface area contributed by atoms with Crippen molar-refractivity contribution in [1.29, 1.82) is 5.26 Å². The maximum absolute atomic E-state index is 15.7. The lowest BCUT2D eigenvalue weighted by atomic mass is 9.79. The van der Waals surface area contributed by atoms with Crippen LogP contribution in [0.15, 0.2) is 42.5 Å². The number of anilines is 1. The average molecular weight is 492 g/mol. The van der Waals surface area contributed by atoms with Crippen LogP contribution in [-0.4, -0.2) is 49.3 Å². The summed E-state index contributed by atoms with van der Waals surface area (Å²) in [4.78, 5) is 27.5. The molecule has 3 aliphatic rings. The number of alkyl halides is 1. The maximum atomic E-state index is 15.7. The van der Waals surface area contributed by atoms with Crippen molar-refractivity contribution in [2.24, 2.45) is 0 Å². The number of piperidine rings is 1. The van der Waals surface area contributed by atoms with Gasteiger partial charge in [0, 0.05) is 43.6 Å². The van der Waals surface area contributed by atoms with E-state index in [1.54, 1.807) is 41.3 Å². The molecule has 2 saturated heterocycles. The second-order valence-corrected chi connectivity index (χ2v) is 9.89. The van der Waals surface area contributed by atoms with Gasteiger partial charge in [-0.3, -0.25) is 10.1 Å². The van der Waals surface area contributed by atoms with E-state index in [4.69, 9.17) is 14.7 Å². The molecule has 36 heavy (non-hydrogen) atoms. The summed E-state index contributed by atoms with van der Waals surface area (Å²) in [5.41, 5.74) is 1.58. The molecule has 1 N–H and O–H groups in total. The molecule has 8 heteroatoms. The van der Waals surface area contributed by atoms with E-state index in [0.717, 1.165) is 24.8 Å². The molecule has 0 radical (unpaired) electrons. The molecular formula is C28H30FN3O4. The number of nitrogens with one attached hydrogen (secondary N) is 1. The second-order valence-electron chi connectivity index (χ2n) is 9.89. The van der Waals surface area contributed by atoms with E-state index in [2.05, 4.69) is 5.32 Å². The zero-order valence-corrected chi connectivity index (χ0v) is 20.2. The highest BCUT2D eigenvalue weighted by molar-refractivity contribution is 5.97.